The summed E-state index contributed by atoms with van der Waals surface area (Å²) in [5.41, 5.74) is 5.85. The van der Waals surface area contributed by atoms with Gasteiger partial charge in [-0.15, -0.1) is 0 Å². The SMILES string of the molecule is O=C(c1ccccc1)c1ccc(-c2ccccc2)c(-c2ccccc2)c1. The molecule has 124 valence electrons. The van der Waals surface area contributed by atoms with E-state index in [-0.39, 0.29) is 5.78 Å². The van der Waals surface area contributed by atoms with Gasteiger partial charge < -0.3 is 0 Å². The van der Waals surface area contributed by atoms with Crippen LogP contribution in [0.15, 0.2) is 109 Å². The molecular formula is C25H18O. The highest BCUT2D eigenvalue weighted by atomic mass is 16.1. The molecular weight excluding hydrogens is 316 g/mol. The molecule has 0 saturated heterocycles. The third kappa shape index (κ3) is 3.20. The second-order valence-electron chi connectivity index (χ2n) is 6.19. The predicted molar refractivity (Wildman–Crippen MR) is 107 cm³/mol. The smallest absolute Gasteiger partial charge is 0.193 e. The number of hydrogen-bond donors (Lipinski definition) is 0. The molecule has 0 aliphatic rings. The Bertz CT molecular complexity index is 1020. The summed E-state index contributed by atoms with van der Waals surface area (Å²) in [6, 6.07) is 35.9. The van der Waals surface area contributed by atoms with Crippen LogP contribution in [0.4, 0.5) is 0 Å². The van der Waals surface area contributed by atoms with E-state index in [0.29, 0.717) is 11.1 Å². The zero-order chi connectivity index (χ0) is 17.8. The van der Waals surface area contributed by atoms with Crippen LogP contribution < -0.4 is 0 Å². The van der Waals surface area contributed by atoms with E-state index in [0.717, 1.165) is 22.3 Å². The van der Waals surface area contributed by atoms with Gasteiger partial charge in [-0.2, -0.15) is 0 Å². The van der Waals surface area contributed by atoms with Crippen molar-refractivity contribution in [2.24, 2.45) is 0 Å². The Balaban J connectivity index is 1.86. The summed E-state index contributed by atoms with van der Waals surface area (Å²) in [5, 5.41) is 0. The molecule has 26 heavy (non-hydrogen) atoms. The lowest BCUT2D eigenvalue weighted by molar-refractivity contribution is 0.103. The van der Waals surface area contributed by atoms with E-state index in [1.165, 1.54) is 0 Å². The van der Waals surface area contributed by atoms with Crippen LogP contribution >= 0.6 is 0 Å². The van der Waals surface area contributed by atoms with Crippen LogP contribution in [0, 0.1) is 0 Å². The first kappa shape index (κ1) is 16.0. The molecule has 1 nitrogen and oxygen atoms in total. The normalized spacial score (nSPS) is 10.5. The minimum Gasteiger partial charge on any atom is -0.289 e. The molecule has 4 rings (SSSR count). The maximum atomic E-state index is 12.9. The van der Waals surface area contributed by atoms with Crippen LogP contribution in [0.5, 0.6) is 0 Å². The Morgan fingerprint density at radius 3 is 1.54 bits per heavy atom. The Labute approximate surface area is 153 Å². The Hall–Kier alpha value is -3.45. The summed E-state index contributed by atoms with van der Waals surface area (Å²) >= 11 is 0. The fourth-order valence-electron chi connectivity index (χ4n) is 3.17. The molecule has 0 amide bonds. The van der Waals surface area contributed by atoms with Crippen molar-refractivity contribution in [1.29, 1.82) is 0 Å². The molecule has 0 saturated carbocycles. The van der Waals surface area contributed by atoms with Gasteiger partial charge in [0.05, 0.1) is 0 Å². The first-order valence-electron chi connectivity index (χ1n) is 8.67. The number of benzene rings is 4. The molecule has 0 aliphatic heterocycles. The lowest BCUT2D eigenvalue weighted by Gasteiger charge is -2.12. The second kappa shape index (κ2) is 7.20. The summed E-state index contributed by atoms with van der Waals surface area (Å²) in [6.07, 6.45) is 0. The largest absolute Gasteiger partial charge is 0.289 e. The molecule has 4 aromatic carbocycles. The van der Waals surface area contributed by atoms with Crippen LogP contribution in [-0.2, 0) is 0 Å². The molecule has 1 heteroatoms. The van der Waals surface area contributed by atoms with Gasteiger partial charge in [0, 0.05) is 11.1 Å². The fourth-order valence-corrected chi connectivity index (χ4v) is 3.17. The van der Waals surface area contributed by atoms with Crippen LogP contribution in [0.3, 0.4) is 0 Å². The van der Waals surface area contributed by atoms with Gasteiger partial charge in [-0.1, -0.05) is 103 Å². The Morgan fingerprint density at radius 1 is 0.462 bits per heavy atom. The molecule has 0 atom stereocenters. The zero-order valence-electron chi connectivity index (χ0n) is 14.3. The Morgan fingerprint density at radius 2 is 0.962 bits per heavy atom. The van der Waals surface area contributed by atoms with Crippen molar-refractivity contribution in [1.82, 2.24) is 0 Å². The third-order valence-electron chi connectivity index (χ3n) is 4.49. The number of rotatable bonds is 4. The average molecular weight is 334 g/mol. The van der Waals surface area contributed by atoms with Gasteiger partial charge in [-0.25, -0.2) is 0 Å². The van der Waals surface area contributed by atoms with Gasteiger partial charge in [0.2, 0.25) is 0 Å². The minimum atomic E-state index is 0.0439. The summed E-state index contributed by atoms with van der Waals surface area (Å²) < 4.78 is 0. The standard InChI is InChI=1S/C25H18O/c26-25(21-14-8-3-9-15-21)22-16-17-23(19-10-4-1-5-11-19)24(18-22)20-12-6-2-7-13-20/h1-18H. The van der Waals surface area contributed by atoms with E-state index in [1.54, 1.807) is 0 Å². The highest BCUT2D eigenvalue weighted by Gasteiger charge is 2.13. The van der Waals surface area contributed by atoms with Gasteiger partial charge in [0.15, 0.2) is 5.78 Å². The second-order valence-corrected chi connectivity index (χ2v) is 6.19. The highest BCUT2D eigenvalue weighted by molar-refractivity contribution is 6.10. The van der Waals surface area contributed by atoms with E-state index in [1.807, 2.05) is 84.9 Å². The first-order chi connectivity index (χ1) is 12.8. The van der Waals surface area contributed by atoms with Crippen LogP contribution in [0.25, 0.3) is 22.3 Å². The third-order valence-corrected chi connectivity index (χ3v) is 4.49. The summed E-state index contributed by atoms with van der Waals surface area (Å²) in [4.78, 5) is 12.9. The number of ketones is 1. The molecule has 0 aliphatic carbocycles. The summed E-state index contributed by atoms with van der Waals surface area (Å²) in [5.74, 6) is 0.0439. The topological polar surface area (TPSA) is 17.1 Å². The summed E-state index contributed by atoms with van der Waals surface area (Å²) in [6.45, 7) is 0. The number of carbonyl (C=O) groups excluding carboxylic acids is 1. The fraction of sp³-hybridized carbons (Fsp3) is 0. The molecule has 0 radical (unpaired) electrons. The maximum Gasteiger partial charge on any atom is 0.193 e. The Kier molecular flexibility index (Phi) is 4.44. The van der Waals surface area contributed by atoms with Crippen LogP contribution in [-0.4, -0.2) is 5.78 Å². The number of hydrogen-bond acceptors (Lipinski definition) is 1. The van der Waals surface area contributed by atoms with E-state index in [4.69, 9.17) is 0 Å². The molecule has 4 aromatic rings. The lowest BCUT2D eigenvalue weighted by atomic mass is 9.91. The van der Waals surface area contributed by atoms with Gasteiger partial charge in [-0.05, 0) is 28.3 Å². The van der Waals surface area contributed by atoms with Gasteiger partial charge in [0.25, 0.3) is 0 Å². The van der Waals surface area contributed by atoms with Crippen molar-refractivity contribution >= 4 is 5.78 Å². The number of carbonyl (C=O) groups is 1. The van der Waals surface area contributed by atoms with Crippen molar-refractivity contribution in [3.05, 3.63) is 120 Å². The van der Waals surface area contributed by atoms with E-state index in [9.17, 15) is 4.79 Å². The minimum absolute atomic E-state index is 0.0439. The van der Waals surface area contributed by atoms with Crippen molar-refractivity contribution in [3.8, 4) is 22.3 Å². The van der Waals surface area contributed by atoms with Gasteiger partial charge in [-0.3, -0.25) is 4.79 Å². The van der Waals surface area contributed by atoms with Crippen LogP contribution in [0.2, 0.25) is 0 Å². The quantitative estimate of drug-likeness (QED) is 0.403. The van der Waals surface area contributed by atoms with E-state index < -0.39 is 0 Å². The van der Waals surface area contributed by atoms with Gasteiger partial charge in [0.1, 0.15) is 0 Å². The van der Waals surface area contributed by atoms with Crippen molar-refractivity contribution in [2.75, 3.05) is 0 Å². The van der Waals surface area contributed by atoms with Crippen molar-refractivity contribution in [3.63, 3.8) is 0 Å². The molecule has 0 unspecified atom stereocenters. The van der Waals surface area contributed by atoms with Gasteiger partial charge >= 0.3 is 0 Å². The molecule has 0 spiro atoms. The lowest BCUT2D eigenvalue weighted by Crippen LogP contribution is -2.01. The maximum absolute atomic E-state index is 12.9. The zero-order valence-corrected chi connectivity index (χ0v) is 14.3. The predicted octanol–water partition coefficient (Wildman–Crippen LogP) is 6.25. The monoisotopic (exact) mass is 334 g/mol. The molecule has 0 fully saturated rings. The average Bonchev–Trinajstić information content (AvgIpc) is 2.75. The molecule has 0 heterocycles. The molecule has 0 aromatic heterocycles. The highest BCUT2D eigenvalue weighted by Crippen LogP contribution is 2.33. The van der Waals surface area contributed by atoms with E-state index >= 15 is 0 Å². The van der Waals surface area contributed by atoms with Crippen molar-refractivity contribution < 1.29 is 4.79 Å². The van der Waals surface area contributed by atoms with Crippen molar-refractivity contribution in [2.45, 2.75) is 0 Å². The molecule has 0 N–H and O–H groups in total. The first-order valence-corrected chi connectivity index (χ1v) is 8.67. The van der Waals surface area contributed by atoms with Crippen LogP contribution in [0.1, 0.15) is 15.9 Å². The van der Waals surface area contributed by atoms with E-state index in [2.05, 4.69) is 24.3 Å². The molecule has 0 bridgehead atoms. The summed E-state index contributed by atoms with van der Waals surface area (Å²) in [7, 11) is 0.